The van der Waals surface area contributed by atoms with Gasteiger partial charge >= 0.3 is 0 Å². The maximum Gasteiger partial charge on any atom is 0.243 e. The lowest BCUT2D eigenvalue weighted by atomic mass is 9.74. The van der Waals surface area contributed by atoms with Crippen molar-refractivity contribution in [2.24, 2.45) is 0 Å². The third kappa shape index (κ3) is 2.78. The van der Waals surface area contributed by atoms with Gasteiger partial charge in [-0.2, -0.15) is 4.31 Å². The Hall–Kier alpha value is -2.18. The van der Waals surface area contributed by atoms with Crippen molar-refractivity contribution in [2.75, 3.05) is 24.5 Å². The first kappa shape index (κ1) is 19.2. The second-order valence-corrected chi connectivity index (χ2v) is 9.49. The number of amides is 1. The van der Waals surface area contributed by atoms with E-state index in [1.807, 2.05) is 55.1 Å². The average molecular weight is 399 g/mol. The summed E-state index contributed by atoms with van der Waals surface area (Å²) >= 11 is 0. The molecule has 1 amide bonds. The molecule has 0 N–H and O–H groups in total. The van der Waals surface area contributed by atoms with E-state index in [2.05, 4.69) is 0 Å². The molecule has 2 heterocycles. The Morgan fingerprint density at radius 2 is 1.61 bits per heavy atom. The van der Waals surface area contributed by atoms with E-state index in [4.69, 9.17) is 0 Å². The largest absolute Gasteiger partial charge is 0.312 e. The Labute approximate surface area is 167 Å². The van der Waals surface area contributed by atoms with Gasteiger partial charge in [0, 0.05) is 25.3 Å². The van der Waals surface area contributed by atoms with Crippen LogP contribution < -0.4 is 4.90 Å². The molecule has 2 aliphatic rings. The van der Waals surface area contributed by atoms with E-state index in [0.717, 1.165) is 23.2 Å². The lowest BCUT2D eigenvalue weighted by Crippen LogP contribution is -2.50. The molecule has 0 aromatic heterocycles. The molecule has 148 valence electrons. The highest BCUT2D eigenvalue weighted by molar-refractivity contribution is 7.89. The number of carbonyl (C=O) groups is 1. The molecule has 2 aromatic rings. The second kappa shape index (κ2) is 7.01. The van der Waals surface area contributed by atoms with Crippen LogP contribution in [-0.2, 0) is 26.7 Å². The van der Waals surface area contributed by atoms with Gasteiger partial charge in [-0.15, -0.1) is 0 Å². The van der Waals surface area contributed by atoms with Gasteiger partial charge in [0.15, 0.2) is 0 Å². The van der Waals surface area contributed by atoms with Crippen LogP contribution in [0.3, 0.4) is 0 Å². The molecule has 28 heavy (non-hydrogen) atoms. The molecule has 1 saturated heterocycles. The van der Waals surface area contributed by atoms with Crippen LogP contribution in [0.1, 0.15) is 37.8 Å². The van der Waals surface area contributed by atoms with E-state index < -0.39 is 15.4 Å². The third-order valence-corrected chi connectivity index (χ3v) is 8.14. The predicted octanol–water partition coefficient (Wildman–Crippen LogP) is 3.34. The van der Waals surface area contributed by atoms with Crippen LogP contribution in [0.25, 0.3) is 0 Å². The number of nitrogens with zero attached hydrogens (tertiary/aromatic N) is 2. The van der Waals surface area contributed by atoms with E-state index in [1.165, 1.54) is 4.31 Å². The Morgan fingerprint density at radius 3 is 2.21 bits per heavy atom. The summed E-state index contributed by atoms with van der Waals surface area (Å²) in [7, 11) is -3.54. The summed E-state index contributed by atoms with van der Waals surface area (Å²) in [6.45, 7) is 5.37. The Balaban J connectivity index is 1.60. The zero-order valence-corrected chi connectivity index (χ0v) is 17.2. The van der Waals surface area contributed by atoms with Crippen molar-refractivity contribution in [1.82, 2.24) is 4.31 Å². The first-order valence-electron chi connectivity index (χ1n) is 9.94. The summed E-state index contributed by atoms with van der Waals surface area (Å²) < 4.78 is 27.7. The normalized spacial score (nSPS) is 19.2. The van der Waals surface area contributed by atoms with Crippen molar-refractivity contribution in [3.63, 3.8) is 0 Å². The molecule has 0 saturated carbocycles. The molecular weight excluding hydrogens is 372 g/mol. The minimum absolute atomic E-state index is 0.112. The minimum atomic E-state index is -3.54. The molecule has 2 aromatic carbocycles. The summed E-state index contributed by atoms with van der Waals surface area (Å²) in [5, 5.41) is 0. The lowest BCUT2D eigenvalue weighted by molar-refractivity contribution is -0.124. The van der Waals surface area contributed by atoms with Gasteiger partial charge in [-0.25, -0.2) is 8.42 Å². The van der Waals surface area contributed by atoms with Gasteiger partial charge in [0.25, 0.3) is 0 Å². The van der Waals surface area contributed by atoms with Crippen LogP contribution in [0.15, 0.2) is 53.4 Å². The van der Waals surface area contributed by atoms with Crippen LogP contribution in [-0.4, -0.2) is 38.3 Å². The SMILES string of the molecule is CCc1ccc(S(=O)(=O)N2CCC3(CC2)C(=O)N(CC)c2ccccc23)cc1. The fourth-order valence-electron chi connectivity index (χ4n) is 4.55. The topological polar surface area (TPSA) is 57.7 Å². The number of carbonyl (C=O) groups excluding carboxylic acids is 1. The molecule has 0 atom stereocenters. The monoisotopic (exact) mass is 398 g/mol. The van der Waals surface area contributed by atoms with Crippen molar-refractivity contribution in [3.8, 4) is 0 Å². The molecule has 2 aliphatic heterocycles. The number of hydrogen-bond acceptors (Lipinski definition) is 3. The minimum Gasteiger partial charge on any atom is -0.312 e. The van der Waals surface area contributed by atoms with E-state index >= 15 is 0 Å². The van der Waals surface area contributed by atoms with Crippen molar-refractivity contribution >= 4 is 21.6 Å². The van der Waals surface area contributed by atoms with Crippen LogP contribution in [0.5, 0.6) is 0 Å². The molecule has 5 nitrogen and oxygen atoms in total. The smallest absolute Gasteiger partial charge is 0.243 e. The van der Waals surface area contributed by atoms with Gasteiger partial charge in [-0.1, -0.05) is 37.3 Å². The van der Waals surface area contributed by atoms with Gasteiger partial charge in [0.05, 0.1) is 10.3 Å². The summed E-state index contributed by atoms with van der Waals surface area (Å²) in [4.78, 5) is 15.4. The van der Waals surface area contributed by atoms with Crippen LogP contribution in [0, 0.1) is 0 Å². The molecule has 0 radical (unpaired) electrons. The molecule has 1 fully saturated rings. The Bertz CT molecular complexity index is 991. The fourth-order valence-corrected chi connectivity index (χ4v) is 5.99. The summed E-state index contributed by atoms with van der Waals surface area (Å²) in [5.41, 5.74) is 2.54. The molecule has 6 heteroatoms. The van der Waals surface area contributed by atoms with Gasteiger partial charge in [0.1, 0.15) is 0 Å². The number of piperidine rings is 1. The first-order valence-corrected chi connectivity index (χ1v) is 11.4. The number of fused-ring (bicyclic) bond motifs is 2. The number of para-hydroxylation sites is 1. The molecule has 0 bridgehead atoms. The van der Waals surface area contributed by atoms with E-state index in [-0.39, 0.29) is 5.91 Å². The number of aryl methyl sites for hydroxylation is 1. The number of likely N-dealkylation sites (N-methyl/N-ethyl adjacent to an activating group) is 1. The van der Waals surface area contributed by atoms with Gasteiger partial charge in [-0.05, 0) is 55.5 Å². The quantitative estimate of drug-likeness (QED) is 0.794. The number of anilines is 1. The van der Waals surface area contributed by atoms with Crippen molar-refractivity contribution < 1.29 is 13.2 Å². The average Bonchev–Trinajstić information content (AvgIpc) is 2.96. The fraction of sp³-hybridized carbons (Fsp3) is 0.409. The molecular formula is C22H26N2O3S. The predicted molar refractivity (Wildman–Crippen MR) is 110 cm³/mol. The first-order chi connectivity index (χ1) is 13.4. The highest BCUT2D eigenvalue weighted by Crippen LogP contribution is 2.48. The maximum absolute atomic E-state index is 13.2. The standard InChI is InChI=1S/C22H26N2O3S/c1-3-17-9-11-18(12-10-17)28(26,27)23-15-13-22(14-16-23)19-7-5-6-8-20(19)24(4-2)21(22)25/h5-12H,3-4,13-16H2,1-2H3. The molecule has 0 unspecified atom stereocenters. The summed E-state index contributed by atoms with van der Waals surface area (Å²) in [6.07, 6.45) is 1.92. The van der Waals surface area contributed by atoms with E-state index in [1.54, 1.807) is 12.1 Å². The van der Waals surface area contributed by atoms with Crippen molar-refractivity contribution in [1.29, 1.82) is 0 Å². The summed E-state index contributed by atoms with van der Waals surface area (Å²) in [5.74, 6) is 0.112. The molecule has 0 aliphatic carbocycles. The van der Waals surface area contributed by atoms with Crippen molar-refractivity contribution in [2.45, 2.75) is 43.4 Å². The third-order valence-electron chi connectivity index (χ3n) is 6.23. The van der Waals surface area contributed by atoms with Crippen molar-refractivity contribution in [3.05, 3.63) is 59.7 Å². The number of sulfonamides is 1. The lowest BCUT2D eigenvalue weighted by Gasteiger charge is -2.37. The highest BCUT2D eigenvalue weighted by Gasteiger charge is 2.52. The highest BCUT2D eigenvalue weighted by atomic mass is 32.2. The van der Waals surface area contributed by atoms with E-state index in [9.17, 15) is 13.2 Å². The number of rotatable bonds is 4. The second-order valence-electron chi connectivity index (χ2n) is 7.55. The van der Waals surface area contributed by atoms with Crippen LogP contribution in [0.4, 0.5) is 5.69 Å². The maximum atomic E-state index is 13.2. The van der Waals surface area contributed by atoms with Gasteiger partial charge < -0.3 is 4.90 Å². The zero-order chi connectivity index (χ0) is 19.9. The van der Waals surface area contributed by atoms with E-state index in [0.29, 0.717) is 37.4 Å². The number of benzene rings is 2. The van der Waals surface area contributed by atoms with Crippen LogP contribution in [0.2, 0.25) is 0 Å². The summed E-state index contributed by atoms with van der Waals surface area (Å²) in [6, 6.07) is 15.0. The molecule has 4 rings (SSSR count). The van der Waals surface area contributed by atoms with Crippen LogP contribution >= 0.6 is 0 Å². The Kier molecular flexibility index (Phi) is 4.79. The molecule has 1 spiro atoms. The van der Waals surface area contributed by atoms with Gasteiger partial charge in [-0.3, -0.25) is 4.79 Å². The zero-order valence-electron chi connectivity index (χ0n) is 16.4. The Morgan fingerprint density at radius 1 is 0.964 bits per heavy atom. The van der Waals surface area contributed by atoms with Gasteiger partial charge in [0.2, 0.25) is 15.9 Å². The number of hydrogen-bond donors (Lipinski definition) is 0.